The number of furan rings is 1. The number of nitrogens with zero attached hydrogens (tertiary/aromatic N) is 1. The Morgan fingerprint density at radius 1 is 0.964 bits per heavy atom. The highest BCUT2D eigenvalue weighted by molar-refractivity contribution is 6.02. The van der Waals surface area contributed by atoms with E-state index >= 15 is 0 Å². The Balaban J connectivity index is 1.78. The topological polar surface area (TPSA) is 64.4 Å². The number of carbonyl (C=O) groups is 1. The van der Waals surface area contributed by atoms with Crippen LogP contribution in [-0.4, -0.2) is 18.0 Å². The predicted octanol–water partition coefficient (Wildman–Crippen LogP) is 5.07. The van der Waals surface area contributed by atoms with Gasteiger partial charge in [0, 0.05) is 12.5 Å². The van der Waals surface area contributed by atoms with Gasteiger partial charge >= 0.3 is 0 Å². The fourth-order valence-corrected chi connectivity index (χ4v) is 3.38. The number of rotatable bonds is 5. The van der Waals surface area contributed by atoms with Crippen molar-refractivity contribution in [1.82, 2.24) is 4.98 Å². The first-order valence-corrected chi connectivity index (χ1v) is 9.27. The summed E-state index contributed by atoms with van der Waals surface area (Å²) in [6, 6.07) is 7.00. The van der Waals surface area contributed by atoms with Crippen LogP contribution in [-0.2, 0) is 6.42 Å². The zero-order chi connectivity index (χ0) is 20.4. The number of pyridine rings is 1. The van der Waals surface area contributed by atoms with Gasteiger partial charge in [-0.05, 0) is 86.2 Å². The zero-order valence-corrected chi connectivity index (χ0v) is 17.3. The number of nitrogens with one attached hydrogen (secondary N) is 1. The number of ether oxygens (including phenoxy) is 1. The summed E-state index contributed by atoms with van der Waals surface area (Å²) in [4.78, 5) is 16.5. The number of benzene rings is 1. The van der Waals surface area contributed by atoms with Crippen LogP contribution in [0.2, 0.25) is 0 Å². The summed E-state index contributed by atoms with van der Waals surface area (Å²) in [5.74, 6) is 1.24. The molecule has 2 heterocycles. The molecule has 0 fully saturated rings. The molecule has 3 rings (SSSR count). The number of aromatic nitrogens is 1. The van der Waals surface area contributed by atoms with Gasteiger partial charge in [-0.15, -0.1) is 0 Å². The van der Waals surface area contributed by atoms with Gasteiger partial charge < -0.3 is 14.5 Å². The van der Waals surface area contributed by atoms with E-state index in [2.05, 4.69) is 44.9 Å². The fraction of sp³-hybridized carbons (Fsp3) is 0.304. The number of carbonyl (C=O) groups excluding carboxylic acids is 1. The maximum Gasteiger partial charge on any atom is 0.291 e. The summed E-state index contributed by atoms with van der Waals surface area (Å²) < 4.78 is 10.8. The Morgan fingerprint density at radius 2 is 1.61 bits per heavy atom. The summed E-state index contributed by atoms with van der Waals surface area (Å²) in [5, 5.41) is 2.78. The standard InChI is InChI=1S/C23H26N2O3/c1-13-14(2)16(4)20(17(5)15(13)3)11-19-8-9-21(28-19)23(26)25-18-7-10-22(27-6)24-12-18/h7-10,12H,11H2,1-6H3,(H,25,26). The van der Waals surface area contributed by atoms with Crippen LogP contribution in [0, 0.1) is 34.6 Å². The minimum absolute atomic E-state index is 0.279. The highest BCUT2D eigenvalue weighted by Crippen LogP contribution is 2.28. The van der Waals surface area contributed by atoms with Crippen LogP contribution in [0.1, 0.15) is 49.7 Å². The van der Waals surface area contributed by atoms with E-state index in [1.165, 1.54) is 33.4 Å². The molecular weight excluding hydrogens is 352 g/mol. The third-order valence-corrected chi connectivity index (χ3v) is 5.60. The average Bonchev–Trinajstić information content (AvgIpc) is 3.17. The van der Waals surface area contributed by atoms with Gasteiger partial charge in [-0.3, -0.25) is 4.79 Å². The molecule has 2 aromatic heterocycles. The minimum atomic E-state index is -0.303. The highest BCUT2D eigenvalue weighted by atomic mass is 16.5. The molecule has 28 heavy (non-hydrogen) atoms. The molecule has 0 saturated heterocycles. The Bertz CT molecular complexity index is 988. The van der Waals surface area contributed by atoms with Gasteiger partial charge in [0.05, 0.1) is 19.0 Å². The molecule has 0 unspecified atom stereocenters. The monoisotopic (exact) mass is 378 g/mol. The molecule has 1 N–H and O–H groups in total. The first kappa shape index (κ1) is 19.7. The van der Waals surface area contributed by atoms with Crippen molar-refractivity contribution < 1.29 is 13.9 Å². The second-order valence-electron chi connectivity index (χ2n) is 7.09. The van der Waals surface area contributed by atoms with Crippen molar-refractivity contribution in [3.05, 3.63) is 75.4 Å². The second kappa shape index (κ2) is 7.89. The number of anilines is 1. The van der Waals surface area contributed by atoms with Gasteiger partial charge in [0.2, 0.25) is 5.88 Å². The predicted molar refractivity (Wildman–Crippen MR) is 110 cm³/mol. The lowest BCUT2D eigenvalue weighted by Gasteiger charge is -2.18. The Morgan fingerprint density at radius 3 is 2.18 bits per heavy atom. The number of hydrogen-bond donors (Lipinski definition) is 1. The van der Waals surface area contributed by atoms with Gasteiger partial charge in [0.25, 0.3) is 5.91 Å². The first-order chi connectivity index (χ1) is 13.3. The Hall–Kier alpha value is -3.08. The van der Waals surface area contributed by atoms with Crippen molar-refractivity contribution in [3.63, 3.8) is 0 Å². The normalized spacial score (nSPS) is 10.8. The third-order valence-electron chi connectivity index (χ3n) is 5.60. The Kier molecular flexibility index (Phi) is 5.54. The number of hydrogen-bond acceptors (Lipinski definition) is 4. The van der Waals surface area contributed by atoms with Crippen molar-refractivity contribution in [1.29, 1.82) is 0 Å². The van der Waals surface area contributed by atoms with E-state index < -0.39 is 0 Å². The fourth-order valence-electron chi connectivity index (χ4n) is 3.38. The van der Waals surface area contributed by atoms with Gasteiger partial charge in [-0.1, -0.05) is 0 Å². The third kappa shape index (κ3) is 3.79. The molecule has 146 valence electrons. The average molecular weight is 378 g/mol. The first-order valence-electron chi connectivity index (χ1n) is 9.27. The van der Waals surface area contributed by atoms with E-state index in [-0.39, 0.29) is 11.7 Å². The van der Waals surface area contributed by atoms with Gasteiger partial charge in [0.1, 0.15) is 5.76 Å². The van der Waals surface area contributed by atoms with Crippen molar-refractivity contribution in [3.8, 4) is 5.88 Å². The van der Waals surface area contributed by atoms with Crippen LogP contribution in [0.25, 0.3) is 0 Å². The Labute approximate surface area is 165 Å². The van der Waals surface area contributed by atoms with Crippen molar-refractivity contribution >= 4 is 11.6 Å². The second-order valence-corrected chi connectivity index (χ2v) is 7.09. The van der Waals surface area contributed by atoms with Crippen LogP contribution in [0.5, 0.6) is 5.88 Å². The van der Waals surface area contributed by atoms with E-state index in [1.807, 2.05) is 6.07 Å². The van der Waals surface area contributed by atoms with E-state index in [1.54, 1.807) is 31.5 Å². The van der Waals surface area contributed by atoms with Gasteiger partial charge in [0.15, 0.2) is 5.76 Å². The highest BCUT2D eigenvalue weighted by Gasteiger charge is 2.16. The van der Waals surface area contributed by atoms with E-state index in [9.17, 15) is 4.79 Å². The molecule has 3 aromatic rings. The SMILES string of the molecule is COc1ccc(NC(=O)c2ccc(Cc3c(C)c(C)c(C)c(C)c3C)o2)cn1. The summed E-state index contributed by atoms with van der Waals surface area (Å²) in [5.41, 5.74) is 8.39. The number of amides is 1. The summed E-state index contributed by atoms with van der Waals surface area (Å²) >= 11 is 0. The van der Waals surface area contributed by atoms with Crippen LogP contribution >= 0.6 is 0 Å². The molecule has 0 aliphatic carbocycles. The number of methoxy groups -OCH3 is 1. The van der Waals surface area contributed by atoms with E-state index in [4.69, 9.17) is 9.15 Å². The molecule has 0 saturated carbocycles. The summed E-state index contributed by atoms with van der Waals surface area (Å²) in [7, 11) is 1.55. The largest absolute Gasteiger partial charge is 0.481 e. The maximum absolute atomic E-state index is 12.5. The van der Waals surface area contributed by atoms with Crippen molar-refractivity contribution in [2.75, 3.05) is 12.4 Å². The van der Waals surface area contributed by atoms with Crippen molar-refractivity contribution in [2.24, 2.45) is 0 Å². The summed E-state index contributed by atoms with van der Waals surface area (Å²) in [6.45, 7) is 10.8. The maximum atomic E-state index is 12.5. The van der Waals surface area contributed by atoms with Crippen LogP contribution in [0.4, 0.5) is 5.69 Å². The molecule has 0 radical (unpaired) electrons. The van der Waals surface area contributed by atoms with Crippen LogP contribution in [0.3, 0.4) is 0 Å². The minimum Gasteiger partial charge on any atom is -0.481 e. The van der Waals surface area contributed by atoms with E-state index in [0.717, 1.165) is 5.76 Å². The molecule has 1 amide bonds. The molecule has 0 bridgehead atoms. The molecule has 1 aromatic carbocycles. The lowest BCUT2D eigenvalue weighted by molar-refractivity contribution is 0.0995. The molecule has 5 nitrogen and oxygen atoms in total. The molecule has 0 spiro atoms. The molecule has 5 heteroatoms. The van der Waals surface area contributed by atoms with Crippen molar-refractivity contribution in [2.45, 2.75) is 41.0 Å². The lowest BCUT2D eigenvalue weighted by atomic mass is 9.88. The molecule has 0 aliphatic heterocycles. The quantitative estimate of drug-likeness (QED) is 0.673. The summed E-state index contributed by atoms with van der Waals surface area (Å²) in [6.07, 6.45) is 2.21. The smallest absolute Gasteiger partial charge is 0.291 e. The van der Waals surface area contributed by atoms with Gasteiger partial charge in [-0.25, -0.2) is 4.98 Å². The zero-order valence-electron chi connectivity index (χ0n) is 17.3. The van der Waals surface area contributed by atoms with Crippen LogP contribution < -0.4 is 10.1 Å². The van der Waals surface area contributed by atoms with Gasteiger partial charge in [-0.2, -0.15) is 0 Å². The molecule has 0 aliphatic rings. The van der Waals surface area contributed by atoms with Crippen LogP contribution in [0.15, 0.2) is 34.9 Å². The molecule has 0 atom stereocenters. The lowest BCUT2D eigenvalue weighted by Crippen LogP contribution is -2.11. The van der Waals surface area contributed by atoms with E-state index in [0.29, 0.717) is 18.0 Å². The molecular formula is C23H26N2O3.